The van der Waals surface area contributed by atoms with Gasteiger partial charge in [-0.3, -0.25) is 0 Å². The third-order valence-electron chi connectivity index (χ3n) is 2.17. The van der Waals surface area contributed by atoms with Gasteiger partial charge in [0.05, 0.1) is 5.00 Å². The van der Waals surface area contributed by atoms with Crippen LogP contribution in [0.3, 0.4) is 0 Å². The van der Waals surface area contributed by atoms with Crippen LogP contribution in [-0.2, 0) is 6.54 Å². The van der Waals surface area contributed by atoms with Crippen molar-refractivity contribution >= 4 is 32.8 Å². The van der Waals surface area contributed by atoms with Crippen molar-refractivity contribution in [2.24, 2.45) is 5.73 Å². The fourth-order valence-electron chi connectivity index (χ4n) is 1.34. The third kappa shape index (κ3) is 2.04. The molecule has 0 saturated carbocycles. The Bertz CT molecular complexity index is 447. The quantitative estimate of drug-likeness (QED) is 0.895. The van der Waals surface area contributed by atoms with Crippen molar-refractivity contribution in [1.29, 1.82) is 0 Å². The average Bonchev–Trinajstić information content (AvgIpc) is 2.84. The molecule has 0 atom stereocenters. The van der Waals surface area contributed by atoms with E-state index in [2.05, 4.69) is 28.3 Å². The van der Waals surface area contributed by atoms with Gasteiger partial charge in [-0.15, -0.1) is 22.7 Å². The standard InChI is InChI=1S/C10H13N3S2/c1-7-3-4-14-9(7)13(2)10-12-6-8(5-11)15-10/h3-4,6H,5,11H2,1-2H3. The van der Waals surface area contributed by atoms with Crippen LogP contribution in [0.2, 0.25) is 0 Å². The maximum atomic E-state index is 5.57. The van der Waals surface area contributed by atoms with E-state index in [0.29, 0.717) is 6.54 Å². The van der Waals surface area contributed by atoms with Crippen LogP contribution in [0.15, 0.2) is 17.6 Å². The number of anilines is 2. The first kappa shape index (κ1) is 10.6. The molecule has 0 aliphatic rings. The molecule has 0 bridgehead atoms. The molecule has 5 heteroatoms. The number of hydrogen-bond donors (Lipinski definition) is 1. The van der Waals surface area contributed by atoms with E-state index in [9.17, 15) is 0 Å². The fraction of sp³-hybridized carbons (Fsp3) is 0.300. The van der Waals surface area contributed by atoms with Gasteiger partial charge in [0.2, 0.25) is 0 Å². The summed E-state index contributed by atoms with van der Waals surface area (Å²) in [6, 6.07) is 2.12. The van der Waals surface area contributed by atoms with Crippen LogP contribution in [0.4, 0.5) is 10.1 Å². The third-order valence-corrected chi connectivity index (χ3v) is 4.36. The Hall–Kier alpha value is -0.910. The highest BCUT2D eigenvalue weighted by molar-refractivity contribution is 7.17. The zero-order chi connectivity index (χ0) is 10.8. The van der Waals surface area contributed by atoms with Gasteiger partial charge in [0.1, 0.15) is 0 Å². The number of thiophene rings is 1. The van der Waals surface area contributed by atoms with Crippen molar-refractivity contribution in [3.63, 3.8) is 0 Å². The van der Waals surface area contributed by atoms with Crippen LogP contribution in [0.5, 0.6) is 0 Å². The molecular formula is C10H13N3S2. The topological polar surface area (TPSA) is 42.2 Å². The first-order valence-electron chi connectivity index (χ1n) is 4.65. The smallest absolute Gasteiger partial charge is 0.190 e. The minimum atomic E-state index is 0.564. The molecule has 2 rings (SSSR count). The van der Waals surface area contributed by atoms with E-state index in [0.717, 1.165) is 10.0 Å². The van der Waals surface area contributed by atoms with Gasteiger partial charge in [0.15, 0.2) is 5.13 Å². The number of nitrogens with zero attached hydrogens (tertiary/aromatic N) is 2. The SMILES string of the molecule is Cc1ccsc1N(C)c1ncc(CN)s1. The molecule has 0 spiro atoms. The molecule has 0 radical (unpaired) electrons. The number of hydrogen-bond acceptors (Lipinski definition) is 5. The van der Waals surface area contributed by atoms with Gasteiger partial charge in [-0.25, -0.2) is 4.98 Å². The fourth-order valence-corrected chi connectivity index (χ4v) is 3.06. The molecule has 0 saturated heterocycles. The molecule has 0 aliphatic heterocycles. The summed E-state index contributed by atoms with van der Waals surface area (Å²) < 4.78 is 0. The maximum absolute atomic E-state index is 5.57. The van der Waals surface area contributed by atoms with Crippen molar-refractivity contribution in [1.82, 2.24) is 4.98 Å². The van der Waals surface area contributed by atoms with Gasteiger partial charge >= 0.3 is 0 Å². The molecule has 3 nitrogen and oxygen atoms in total. The van der Waals surface area contributed by atoms with E-state index in [-0.39, 0.29) is 0 Å². The van der Waals surface area contributed by atoms with Gasteiger partial charge in [-0.05, 0) is 23.9 Å². The van der Waals surface area contributed by atoms with Gasteiger partial charge in [0, 0.05) is 24.7 Å². The summed E-state index contributed by atoms with van der Waals surface area (Å²) in [5, 5.41) is 4.34. The van der Waals surface area contributed by atoms with E-state index < -0.39 is 0 Å². The maximum Gasteiger partial charge on any atom is 0.190 e. The first-order chi connectivity index (χ1) is 7.22. The Morgan fingerprint density at radius 1 is 1.53 bits per heavy atom. The molecule has 2 aromatic heterocycles. The molecule has 0 aromatic carbocycles. The highest BCUT2D eigenvalue weighted by atomic mass is 32.1. The normalized spacial score (nSPS) is 10.6. The summed E-state index contributed by atoms with van der Waals surface area (Å²) >= 11 is 3.38. The van der Waals surface area contributed by atoms with Crippen molar-refractivity contribution in [2.45, 2.75) is 13.5 Å². The second kappa shape index (κ2) is 4.30. The minimum absolute atomic E-state index is 0.564. The average molecular weight is 239 g/mol. The van der Waals surface area contributed by atoms with Crippen LogP contribution in [0.25, 0.3) is 0 Å². The molecule has 2 N–H and O–H groups in total. The van der Waals surface area contributed by atoms with Crippen LogP contribution in [0, 0.1) is 6.92 Å². The predicted octanol–water partition coefficient (Wildman–Crippen LogP) is 2.74. The van der Waals surface area contributed by atoms with Gasteiger partial charge in [0.25, 0.3) is 0 Å². The van der Waals surface area contributed by atoms with Crippen molar-refractivity contribution in [3.05, 3.63) is 28.1 Å². The second-order valence-electron chi connectivity index (χ2n) is 3.28. The predicted molar refractivity (Wildman–Crippen MR) is 67.1 cm³/mol. The van der Waals surface area contributed by atoms with E-state index in [1.165, 1.54) is 10.6 Å². The lowest BCUT2D eigenvalue weighted by molar-refractivity contribution is 1.09. The Morgan fingerprint density at radius 3 is 2.87 bits per heavy atom. The monoisotopic (exact) mass is 239 g/mol. The van der Waals surface area contributed by atoms with Crippen LogP contribution in [0.1, 0.15) is 10.4 Å². The van der Waals surface area contributed by atoms with E-state index in [1.807, 2.05) is 13.2 Å². The molecule has 15 heavy (non-hydrogen) atoms. The number of aryl methyl sites for hydroxylation is 1. The number of nitrogens with two attached hydrogens (primary N) is 1. The van der Waals surface area contributed by atoms with Gasteiger partial charge in [-0.2, -0.15) is 0 Å². The highest BCUT2D eigenvalue weighted by Gasteiger charge is 2.11. The Balaban J connectivity index is 2.28. The molecule has 2 aromatic rings. The highest BCUT2D eigenvalue weighted by Crippen LogP contribution is 2.33. The number of rotatable bonds is 3. The van der Waals surface area contributed by atoms with Gasteiger partial charge < -0.3 is 10.6 Å². The summed E-state index contributed by atoms with van der Waals surface area (Å²) in [5.41, 5.74) is 6.85. The lowest BCUT2D eigenvalue weighted by atomic mass is 10.3. The summed E-state index contributed by atoms with van der Waals surface area (Å²) in [5.74, 6) is 0. The molecule has 0 fully saturated rings. The van der Waals surface area contributed by atoms with Crippen molar-refractivity contribution in [2.75, 3.05) is 11.9 Å². The molecule has 2 heterocycles. The first-order valence-corrected chi connectivity index (χ1v) is 6.34. The zero-order valence-electron chi connectivity index (χ0n) is 8.73. The summed E-state index contributed by atoms with van der Waals surface area (Å²) in [7, 11) is 2.04. The van der Waals surface area contributed by atoms with E-state index >= 15 is 0 Å². The Morgan fingerprint density at radius 2 is 2.33 bits per heavy atom. The van der Waals surface area contributed by atoms with E-state index in [4.69, 9.17) is 5.73 Å². The lowest BCUT2D eigenvalue weighted by Crippen LogP contribution is -2.07. The molecule has 0 unspecified atom stereocenters. The summed E-state index contributed by atoms with van der Waals surface area (Å²) in [6.07, 6.45) is 1.85. The van der Waals surface area contributed by atoms with Gasteiger partial charge in [-0.1, -0.05) is 0 Å². The van der Waals surface area contributed by atoms with E-state index in [1.54, 1.807) is 22.7 Å². The Labute approximate surface area is 97.2 Å². The molecule has 80 valence electrons. The summed E-state index contributed by atoms with van der Waals surface area (Å²) in [4.78, 5) is 7.59. The zero-order valence-corrected chi connectivity index (χ0v) is 10.4. The lowest BCUT2D eigenvalue weighted by Gasteiger charge is -2.14. The summed E-state index contributed by atoms with van der Waals surface area (Å²) in [6.45, 7) is 2.68. The minimum Gasteiger partial charge on any atom is -0.326 e. The van der Waals surface area contributed by atoms with Crippen molar-refractivity contribution < 1.29 is 0 Å². The molecule has 0 aliphatic carbocycles. The van der Waals surface area contributed by atoms with Crippen LogP contribution >= 0.6 is 22.7 Å². The van der Waals surface area contributed by atoms with Crippen LogP contribution < -0.4 is 10.6 Å². The number of aromatic nitrogens is 1. The number of thiazole rings is 1. The second-order valence-corrected chi connectivity index (χ2v) is 5.27. The molecular weight excluding hydrogens is 226 g/mol. The Kier molecular flexibility index (Phi) is 3.04. The molecule has 0 amide bonds. The largest absolute Gasteiger partial charge is 0.326 e. The van der Waals surface area contributed by atoms with Crippen LogP contribution in [-0.4, -0.2) is 12.0 Å². The van der Waals surface area contributed by atoms with Crippen molar-refractivity contribution in [3.8, 4) is 0 Å².